The van der Waals surface area contributed by atoms with Crippen molar-refractivity contribution in [2.24, 2.45) is 5.73 Å². The number of primary amides is 1. The van der Waals surface area contributed by atoms with Gasteiger partial charge in [0.2, 0.25) is 5.91 Å². The summed E-state index contributed by atoms with van der Waals surface area (Å²) >= 11 is 0. The second kappa shape index (κ2) is 7.69. The third-order valence-corrected chi connectivity index (χ3v) is 3.15. The summed E-state index contributed by atoms with van der Waals surface area (Å²) in [6, 6.07) is 10.7. The number of carbonyl (C=O) groups excluding carboxylic acids is 2. The van der Waals surface area contributed by atoms with E-state index in [0.717, 1.165) is 12.1 Å². The maximum absolute atomic E-state index is 12.6. The zero-order valence-electron chi connectivity index (χ0n) is 13.0. The fourth-order valence-corrected chi connectivity index (χ4v) is 2.02. The van der Waals surface area contributed by atoms with Crippen LogP contribution in [0.3, 0.4) is 0 Å². The molecule has 0 heterocycles. The lowest BCUT2D eigenvalue weighted by atomic mass is 10.1. The van der Waals surface area contributed by atoms with E-state index in [0.29, 0.717) is 11.3 Å². The molecular weight excluding hydrogens is 337 g/mol. The van der Waals surface area contributed by atoms with Crippen molar-refractivity contribution >= 4 is 17.5 Å². The number of alkyl halides is 3. The van der Waals surface area contributed by atoms with Crippen LogP contribution in [-0.2, 0) is 22.2 Å². The van der Waals surface area contributed by atoms with Gasteiger partial charge in [-0.1, -0.05) is 18.2 Å². The third-order valence-electron chi connectivity index (χ3n) is 3.15. The summed E-state index contributed by atoms with van der Waals surface area (Å²) in [6.07, 6.45) is -4.39. The van der Waals surface area contributed by atoms with Crippen LogP contribution in [0.1, 0.15) is 11.1 Å². The van der Waals surface area contributed by atoms with E-state index < -0.39 is 30.2 Å². The van der Waals surface area contributed by atoms with Crippen molar-refractivity contribution in [1.29, 1.82) is 0 Å². The molecular formula is C17H15F3N2O3. The molecule has 0 unspecified atom stereocenters. The third kappa shape index (κ3) is 5.83. The zero-order valence-corrected chi connectivity index (χ0v) is 13.0. The number of anilines is 1. The van der Waals surface area contributed by atoms with Gasteiger partial charge in [0.1, 0.15) is 5.75 Å². The molecule has 0 saturated carbocycles. The normalized spacial score (nSPS) is 11.0. The highest BCUT2D eigenvalue weighted by atomic mass is 19.4. The highest BCUT2D eigenvalue weighted by Crippen LogP contribution is 2.31. The largest absolute Gasteiger partial charge is 0.484 e. The molecule has 0 spiro atoms. The van der Waals surface area contributed by atoms with Crippen molar-refractivity contribution in [3.05, 3.63) is 59.7 Å². The van der Waals surface area contributed by atoms with E-state index in [1.807, 2.05) is 0 Å². The Balaban J connectivity index is 1.89. The van der Waals surface area contributed by atoms with E-state index in [4.69, 9.17) is 10.5 Å². The Morgan fingerprint density at radius 2 is 1.76 bits per heavy atom. The van der Waals surface area contributed by atoms with Crippen molar-refractivity contribution < 1.29 is 27.5 Å². The van der Waals surface area contributed by atoms with Gasteiger partial charge in [0, 0.05) is 5.69 Å². The van der Waals surface area contributed by atoms with Crippen molar-refractivity contribution in [3.63, 3.8) is 0 Å². The smallest absolute Gasteiger partial charge is 0.416 e. The molecule has 0 radical (unpaired) electrons. The van der Waals surface area contributed by atoms with E-state index in [9.17, 15) is 22.8 Å². The number of benzene rings is 2. The van der Waals surface area contributed by atoms with Gasteiger partial charge < -0.3 is 15.8 Å². The summed E-state index contributed by atoms with van der Waals surface area (Å²) in [5.41, 5.74) is 5.39. The van der Waals surface area contributed by atoms with Gasteiger partial charge in [-0.15, -0.1) is 0 Å². The Labute approximate surface area is 141 Å². The SMILES string of the molecule is NC(=O)Cc1ccc(NC(=O)COc2cccc(C(F)(F)F)c2)cc1. The van der Waals surface area contributed by atoms with Crippen molar-refractivity contribution in [2.45, 2.75) is 12.6 Å². The van der Waals surface area contributed by atoms with Gasteiger partial charge in [-0.25, -0.2) is 0 Å². The Hall–Kier alpha value is -3.03. The molecule has 0 atom stereocenters. The molecule has 2 aromatic carbocycles. The van der Waals surface area contributed by atoms with Crippen LogP contribution in [0.5, 0.6) is 5.75 Å². The standard InChI is InChI=1S/C17H15F3N2O3/c18-17(19,20)12-2-1-3-14(9-12)25-10-16(24)22-13-6-4-11(5-7-13)8-15(21)23/h1-7,9H,8,10H2,(H2,21,23)(H,22,24). The number of ether oxygens (including phenoxy) is 1. The van der Waals surface area contributed by atoms with Gasteiger partial charge in [0.25, 0.3) is 5.91 Å². The number of rotatable bonds is 6. The summed E-state index contributed by atoms with van der Waals surface area (Å²) in [5, 5.41) is 2.54. The summed E-state index contributed by atoms with van der Waals surface area (Å²) < 4.78 is 42.9. The predicted molar refractivity (Wildman–Crippen MR) is 84.9 cm³/mol. The Kier molecular flexibility index (Phi) is 5.63. The molecule has 0 fully saturated rings. The van der Waals surface area contributed by atoms with Gasteiger partial charge in [0.15, 0.2) is 6.61 Å². The number of hydrogen-bond donors (Lipinski definition) is 2. The number of carbonyl (C=O) groups is 2. The van der Waals surface area contributed by atoms with Crippen molar-refractivity contribution in [3.8, 4) is 5.75 Å². The molecule has 0 aromatic heterocycles. The van der Waals surface area contributed by atoms with Gasteiger partial charge in [0.05, 0.1) is 12.0 Å². The molecule has 0 bridgehead atoms. The highest BCUT2D eigenvalue weighted by Gasteiger charge is 2.30. The lowest BCUT2D eigenvalue weighted by Gasteiger charge is -2.10. The number of nitrogens with one attached hydrogen (secondary N) is 1. The summed E-state index contributed by atoms with van der Waals surface area (Å²) in [7, 11) is 0. The summed E-state index contributed by atoms with van der Waals surface area (Å²) in [5.74, 6) is -1.05. The van der Waals surface area contributed by atoms with Gasteiger partial charge in [-0.3, -0.25) is 9.59 Å². The van der Waals surface area contributed by atoms with E-state index in [2.05, 4.69) is 5.32 Å². The maximum atomic E-state index is 12.6. The number of halogens is 3. The van der Waals surface area contributed by atoms with Crippen LogP contribution in [0, 0.1) is 0 Å². The van der Waals surface area contributed by atoms with Gasteiger partial charge in [-0.2, -0.15) is 13.2 Å². The van der Waals surface area contributed by atoms with E-state index in [1.54, 1.807) is 24.3 Å². The Morgan fingerprint density at radius 3 is 2.36 bits per heavy atom. The first-order valence-corrected chi connectivity index (χ1v) is 7.21. The predicted octanol–water partition coefficient (Wildman–Crippen LogP) is 2.75. The molecule has 0 aliphatic rings. The molecule has 25 heavy (non-hydrogen) atoms. The minimum Gasteiger partial charge on any atom is -0.484 e. The van der Waals surface area contributed by atoms with Gasteiger partial charge in [-0.05, 0) is 35.9 Å². The molecule has 0 saturated heterocycles. The average Bonchev–Trinajstić information content (AvgIpc) is 2.54. The lowest BCUT2D eigenvalue weighted by Crippen LogP contribution is -2.20. The van der Waals surface area contributed by atoms with E-state index in [1.165, 1.54) is 12.1 Å². The first-order valence-electron chi connectivity index (χ1n) is 7.21. The number of nitrogens with two attached hydrogens (primary N) is 1. The molecule has 5 nitrogen and oxygen atoms in total. The molecule has 2 rings (SSSR count). The molecule has 0 aliphatic heterocycles. The quantitative estimate of drug-likeness (QED) is 0.839. The zero-order chi connectivity index (χ0) is 18.4. The van der Waals surface area contributed by atoms with Crippen LogP contribution in [0.2, 0.25) is 0 Å². The fourth-order valence-electron chi connectivity index (χ4n) is 2.02. The van der Waals surface area contributed by atoms with Crippen LogP contribution in [-0.4, -0.2) is 18.4 Å². The summed E-state index contributed by atoms with van der Waals surface area (Å²) in [6.45, 7) is -0.440. The van der Waals surface area contributed by atoms with Crippen LogP contribution < -0.4 is 15.8 Å². The molecule has 2 amide bonds. The van der Waals surface area contributed by atoms with Crippen molar-refractivity contribution in [1.82, 2.24) is 0 Å². The average molecular weight is 352 g/mol. The molecule has 3 N–H and O–H groups in total. The van der Waals surface area contributed by atoms with Crippen LogP contribution in [0.15, 0.2) is 48.5 Å². The lowest BCUT2D eigenvalue weighted by molar-refractivity contribution is -0.137. The minimum atomic E-state index is -4.48. The first kappa shape index (κ1) is 18.3. The topological polar surface area (TPSA) is 81.4 Å². The first-order chi connectivity index (χ1) is 11.7. The molecule has 8 heteroatoms. The minimum absolute atomic E-state index is 0.0539. The fraction of sp³-hybridized carbons (Fsp3) is 0.176. The molecule has 0 aliphatic carbocycles. The second-order valence-corrected chi connectivity index (χ2v) is 5.20. The van der Waals surface area contributed by atoms with Crippen LogP contribution >= 0.6 is 0 Å². The van der Waals surface area contributed by atoms with E-state index in [-0.39, 0.29) is 12.2 Å². The second-order valence-electron chi connectivity index (χ2n) is 5.20. The van der Waals surface area contributed by atoms with Crippen LogP contribution in [0.4, 0.5) is 18.9 Å². The maximum Gasteiger partial charge on any atom is 0.416 e. The molecule has 132 valence electrons. The van der Waals surface area contributed by atoms with E-state index >= 15 is 0 Å². The van der Waals surface area contributed by atoms with Crippen molar-refractivity contribution in [2.75, 3.05) is 11.9 Å². The summed E-state index contributed by atoms with van der Waals surface area (Å²) in [4.78, 5) is 22.6. The number of hydrogen-bond acceptors (Lipinski definition) is 3. The highest BCUT2D eigenvalue weighted by molar-refractivity contribution is 5.91. The Morgan fingerprint density at radius 1 is 1.08 bits per heavy atom. The number of amides is 2. The van der Waals surface area contributed by atoms with Crippen LogP contribution in [0.25, 0.3) is 0 Å². The van der Waals surface area contributed by atoms with Gasteiger partial charge >= 0.3 is 6.18 Å². The molecule has 2 aromatic rings. The Bertz CT molecular complexity index is 758. The monoisotopic (exact) mass is 352 g/mol.